The predicted molar refractivity (Wildman–Crippen MR) is 152 cm³/mol. The van der Waals surface area contributed by atoms with Gasteiger partial charge in [0, 0.05) is 10.3 Å². The molecule has 0 aliphatic carbocycles. The van der Waals surface area contributed by atoms with Gasteiger partial charge in [0.1, 0.15) is 5.75 Å². The second-order valence-corrected chi connectivity index (χ2v) is 22.4. The van der Waals surface area contributed by atoms with Crippen LogP contribution in [0.2, 0.25) is 0 Å². The summed E-state index contributed by atoms with van der Waals surface area (Å²) in [6, 6.07) is 4.29. The molecular weight excluding hydrogens is 826 g/mol. The third kappa shape index (κ3) is 5.73. The highest BCUT2D eigenvalue weighted by atomic mass is 32.4. The maximum absolute atomic E-state index is 15.2. The first kappa shape index (κ1) is 43.1. The van der Waals surface area contributed by atoms with Gasteiger partial charge in [-0.1, -0.05) is 37.6 Å². The van der Waals surface area contributed by atoms with Crippen molar-refractivity contribution in [3.63, 3.8) is 0 Å². The third-order valence-corrected chi connectivity index (χ3v) is 25.3. The Balaban J connectivity index is 2.94. The molecule has 1 aliphatic heterocycles. The van der Waals surface area contributed by atoms with Crippen LogP contribution in [0.1, 0.15) is 32.6 Å². The molecule has 0 saturated carbocycles. The Labute approximate surface area is 280 Å². The van der Waals surface area contributed by atoms with Gasteiger partial charge in [0.2, 0.25) is 0 Å². The van der Waals surface area contributed by atoms with Gasteiger partial charge in [0.15, 0.2) is 0 Å². The average Bonchev–Trinajstić information content (AvgIpc) is 3.45. The van der Waals surface area contributed by atoms with Crippen molar-refractivity contribution in [2.75, 3.05) is 18.1 Å². The lowest BCUT2D eigenvalue weighted by Gasteiger charge is -2.52. The van der Waals surface area contributed by atoms with Crippen molar-refractivity contribution in [2.24, 2.45) is 0 Å². The van der Waals surface area contributed by atoms with Crippen molar-refractivity contribution < 1.29 is 95.8 Å². The van der Waals surface area contributed by atoms with E-state index >= 15 is 26.3 Å². The minimum absolute atomic E-state index is 0.188. The first-order valence-electron chi connectivity index (χ1n) is 13.7. The van der Waals surface area contributed by atoms with Crippen LogP contribution in [-0.2, 0) is 29.5 Å². The van der Waals surface area contributed by atoms with E-state index in [1.165, 1.54) is 0 Å². The summed E-state index contributed by atoms with van der Waals surface area (Å²) in [6.45, 7) is 1.47. The van der Waals surface area contributed by atoms with E-state index in [0.717, 1.165) is 18.2 Å². The molecule has 26 heteroatoms. The van der Waals surface area contributed by atoms with Crippen LogP contribution in [0.15, 0.2) is 41.3 Å². The van der Waals surface area contributed by atoms with Crippen LogP contribution in [0.4, 0.5) is 65.9 Å². The smallest absolute Gasteiger partial charge is 0.469 e. The number of rotatable bonds is 12. The minimum Gasteiger partial charge on any atom is -0.493 e. The summed E-state index contributed by atoms with van der Waals surface area (Å²) < 4.78 is 296. The van der Waals surface area contributed by atoms with E-state index < -0.39 is 117 Å². The fourth-order valence-corrected chi connectivity index (χ4v) is 24.7. The maximum Gasteiger partial charge on any atom is 0.469 e. The standard InChI is InChI=1S/C25H23F15O7S4/c1-2-3-12-47-17-10-11-18(16-9-5-4-8-15(16)17)48(13-6-7-14-48)25(49(41,42)22(35,36)19(26,27)28,50(43,44)23(37,38)20(29,30)31)51(45,46)24(39,40)21(32,33)34/h4-5,8-11H,2-3,6-7,12-14H2,1H3. The van der Waals surface area contributed by atoms with Crippen LogP contribution in [0.3, 0.4) is 0 Å². The zero-order valence-corrected chi connectivity index (χ0v) is 28.3. The van der Waals surface area contributed by atoms with Crippen molar-refractivity contribution in [1.82, 2.24) is 0 Å². The van der Waals surface area contributed by atoms with Crippen molar-refractivity contribution >= 4 is 50.3 Å². The van der Waals surface area contributed by atoms with Gasteiger partial charge in [-0.3, -0.25) is 0 Å². The average molecular weight is 849 g/mol. The fraction of sp³-hybridized carbons (Fsp3) is 0.600. The number of hydrogen-bond acceptors (Lipinski definition) is 7. The first-order chi connectivity index (χ1) is 22.7. The van der Waals surface area contributed by atoms with Gasteiger partial charge in [0.05, 0.1) is 6.61 Å². The summed E-state index contributed by atoms with van der Waals surface area (Å²) in [5.74, 6) is -4.29. The molecule has 1 fully saturated rings. The molecule has 0 spiro atoms. The minimum atomic E-state index is -9.60. The van der Waals surface area contributed by atoms with Gasteiger partial charge in [-0.05, 0) is 48.3 Å². The van der Waals surface area contributed by atoms with E-state index in [9.17, 15) is 64.8 Å². The molecular formula is C25H23F15O7S4. The molecule has 0 N–H and O–H groups in total. The topological polar surface area (TPSA) is 112 Å². The molecule has 51 heavy (non-hydrogen) atoms. The van der Waals surface area contributed by atoms with E-state index in [0.29, 0.717) is 18.6 Å². The van der Waals surface area contributed by atoms with Crippen LogP contribution in [0, 0.1) is 0 Å². The van der Waals surface area contributed by atoms with E-state index in [1.54, 1.807) is 6.92 Å². The molecule has 0 radical (unpaired) electrons. The van der Waals surface area contributed by atoms with Gasteiger partial charge >= 0.3 is 37.0 Å². The molecule has 2 aromatic carbocycles. The lowest BCUT2D eigenvalue weighted by atomic mass is 10.1. The molecule has 294 valence electrons. The molecule has 0 aromatic heterocycles. The summed E-state index contributed by atoms with van der Waals surface area (Å²) in [5, 5.41) is -26.1. The number of ether oxygens (including phenoxy) is 1. The highest BCUT2D eigenvalue weighted by Crippen LogP contribution is 2.80. The monoisotopic (exact) mass is 848 g/mol. The number of hydrogen-bond donors (Lipinski definition) is 0. The molecule has 7 nitrogen and oxygen atoms in total. The number of halogens is 15. The van der Waals surface area contributed by atoms with Gasteiger partial charge in [0.25, 0.3) is 29.5 Å². The summed E-state index contributed by atoms with van der Waals surface area (Å²) >= 11 is 0. The van der Waals surface area contributed by atoms with Gasteiger partial charge in [-0.2, -0.15) is 75.9 Å². The molecule has 0 unspecified atom stereocenters. The van der Waals surface area contributed by atoms with Crippen LogP contribution < -0.4 is 4.74 Å². The number of alkyl halides is 15. The Hall–Kier alpha value is -2.35. The first-order valence-corrected chi connectivity index (χ1v) is 20.2. The molecule has 3 rings (SSSR count). The summed E-state index contributed by atoms with van der Waals surface area (Å²) in [7, 11) is -35.1. The maximum atomic E-state index is 15.2. The molecule has 2 aromatic rings. The summed E-state index contributed by atoms with van der Waals surface area (Å²) in [6.07, 6.45) is -25.2. The second-order valence-electron chi connectivity index (χ2n) is 10.9. The molecule has 0 amide bonds. The SMILES string of the molecule is CCCCOc1ccc(S2(C(S(=O)(=O)C(F)(F)C(F)(F)F)(S(=O)(=O)C(F)(F)C(F)(F)F)S(=O)(=O)C(F)(F)C(F)(F)F)CCCC2)c2ccccc12. The molecule has 0 atom stereocenters. The summed E-state index contributed by atoms with van der Waals surface area (Å²) in [5.41, 5.74) is 0. The van der Waals surface area contributed by atoms with Crippen LogP contribution >= 0.6 is 10.0 Å². The van der Waals surface area contributed by atoms with E-state index in [1.807, 2.05) is 0 Å². The molecule has 0 bridgehead atoms. The Bertz CT molecular complexity index is 1830. The zero-order chi connectivity index (χ0) is 39.7. The number of fused-ring (bicyclic) bond motifs is 1. The Morgan fingerprint density at radius 3 is 1.31 bits per heavy atom. The van der Waals surface area contributed by atoms with Crippen molar-refractivity contribution in [3.8, 4) is 5.75 Å². The van der Waals surface area contributed by atoms with E-state index in [4.69, 9.17) is 4.74 Å². The van der Waals surface area contributed by atoms with Crippen LogP contribution in [0.5, 0.6) is 5.75 Å². The number of unbranched alkanes of at least 4 members (excludes halogenated alkanes) is 1. The van der Waals surface area contributed by atoms with Crippen LogP contribution in [0.25, 0.3) is 10.8 Å². The Morgan fingerprint density at radius 2 is 0.961 bits per heavy atom. The predicted octanol–water partition coefficient (Wildman–Crippen LogP) is 8.30. The fourth-order valence-electron chi connectivity index (χ4n) is 5.43. The highest BCUT2D eigenvalue weighted by Gasteiger charge is 2.94. The number of benzene rings is 2. The van der Waals surface area contributed by atoms with Crippen molar-refractivity contribution in [2.45, 2.75) is 74.5 Å². The van der Waals surface area contributed by atoms with Crippen molar-refractivity contribution in [1.29, 1.82) is 0 Å². The van der Waals surface area contributed by atoms with Gasteiger partial charge in [-0.15, -0.1) is 0 Å². The quantitative estimate of drug-likeness (QED) is 0.156. The molecule has 1 saturated heterocycles. The van der Waals surface area contributed by atoms with Crippen molar-refractivity contribution in [3.05, 3.63) is 36.4 Å². The Kier molecular flexibility index (Phi) is 10.9. The van der Waals surface area contributed by atoms with Gasteiger partial charge < -0.3 is 4.74 Å². The summed E-state index contributed by atoms with van der Waals surface area (Å²) in [4.78, 5) is -1.59. The second kappa shape index (κ2) is 12.9. The third-order valence-electron chi connectivity index (χ3n) is 7.72. The van der Waals surface area contributed by atoms with Crippen LogP contribution in [-0.4, -0.2) is 80.4 Å². The number of sulfone groups is 3. The molecule has 1 heterocycles. The normalized spacial score (nSPS) is 18.2. The zero-order valence-electron chi connectivity index (χ0n) is 25.1. The van der Waals surface area contributed by atoms with E-state index in [2.05, 4.69) is 0 Å². The van der Waals surface area contributed by atoms with Gasteiger partial charge in [-0.25, -0.2) is 25.3 Å². The lowest BCUT2D eigenvalue weighted by Crippen LogP contribution is -2.71. The lowest BCUT2D eigenvalue weighted by molar-refractivity contribution is -0.243. The van der Waals surface area contributed by atoms with E-state index in [-0.39, 0.29) is 24.8 Å². The Morgan fingerprint density at radius 1 is 0.588 bits per heavy atom. The highest BCUT2D eigenvalue weighted by molar-refractivity contribution is 8.56. The molecule has 1 aliphatic rings. The largest absolute Gasteiger partial charge is 0.493 e.